The van der Waals surface area contributed by atoms with E-state index >= 15 is 0 Å². The molecule has 138 valence electrons. The Balaban J connectivity index is 2.29. The van der Waals surface area contributed by atoms with Gasteiger partial charge >= 0.3 is 5.97 Å². The van der Waals surface area contributed by atoms with Crippen molar-refractivity contribution < 1.29 is 28.2 Å². The first-order valence-corrected chi connectivity index (χ1v) is 8.82. The molecule has 1 heterocycles. The van der Waals surface area contributed by atoms with Crippen molar-refractivity contribution in [2.24, 2.45) is 5.16 Å². The molecule has 0 aromatic heterocycles. The van der Waals surface area contributed by atoms with Crippen LogP contribution in [0, 0.1) is 5.82 Å². The number of ether oxygens (including phenoxy) is 3. The fourth-order valence-electron chi connectivity index (χ4n) is 2.26. The number of benzene rings is 1. The van der Waals surface area contributed by atoms with Crippen molar-refractivity contribution in [3.8, 4) is 5.75 Å². The monoisotopic (exact) mass is 417 g/mol. The second kappa shape index (κ2) is 9.15. The Bertz CT molecular complexity index is 652. The van der Waals surface area contributed by atoms with E-state index in [9.17, 15) is 9.18 Å². The average Bonchev–Trinajstić information content (AvgIpc) is 3.05. The molecule has 0 saturated carbocycles. The van der Waals surface area contributed by atoms with E-state index in [4.69, 9.17) is 14.3 Å². The maximum Gasteiger partial charge on any atom is 0.346 e. The fraction of sp³-hybridized carbons (Fsp3) is 0.529. The average molecular weight is 418 g/mol. The van der Waals surface area contributed by atoms with Gasteiger partial charge in [0, 0.05) is 18.2 Å². The number of methoxy groups -OCH3 is 1. The van der Waals surface area contributed by atoms with Gasteiger partial charge in [0.15, 0.2) is 6.10 Å². The zero-order chi connectivity index (χ0) is 18.4. The summed E-state index contributed by atoms with van der Waals surface area (Å²) in [5.74, 6) is -0.902. The second-order valence-electron chi connectivity index (χ2n) is 5.53. The Labute approximate surface area is 154 Å². The van der Waals surface area contributed by atoms with E-state index in [1.165, 1.54) is 20.1 Å². The quantitative estimate of drug-likeness (QED) is 0.478. The van der Waals surface area contributed by atoms with E-state index in [0.29, 0.717) is 17.9 Å². The van der Waals surface area contributed by atoms with E-state index < -0.39 is 17.9 Å². The molecule has 1 aliphatic heterocycles. The first-order valence-electron chi connectivity index (χ1n) is 8.03. The summed E-state index contributed by atoms with van der Waals surface area (Å²) >= 11 is 3.16. The summed E-state index contributed by atoms with van der Waals surface area (Å²) in [6.45, 7) is 4.44. The van der Waals surface area contributed by atoms with Gasteiger partial charge in [0.05, 0.1) is 11.6 Å². The highest BCUT2D eigenvalue weighted by atomic mass is 79.9. The summed E-state index contributed by atoms with van der Waals surface area (Å²) in [7, 11) is 1.26. The van der Waals surface area contributed by atoms with Gasteiger partial charge in [-0.3, -0.25) is 0 Å². The summed E-state index contributed by atoms with van der Waals surface area (Å²) in [4.78, 5) is 16.8. The summed E-state index contributed by atoms with van der Waals surface area (Å²) in [6.07, 6.45) is 0.652. The third-order valence-corrected chi connectivity index (χ3v) is 4.25. The summed E-state index contributed by atoms with van der Waals surface area (Å²) < 4.78 is 30.3. The van der Waals surface area contributed by atoms with Crippen LogP contribution in [0.3, 0.4) is 0 Å². The van der Waals surface area contributed by atoms with Crippen molar-refractivity contribution in [3.63, 3.8) is 0 Å². The minimum Gasteiger partial charge on any atom is -0.478 e. The molecular formula is C17H21BrFNO5. The van der Waals surface area contributed by atoms with E-state index in [2.05, 4.69) is 32.7 Å². The van der Waals surface area contributed by atoms with Gasteiger partial charge in [-0.15, -0.1) is 0 Å². The van der Waals surface area contributed by atoms with E-state index in [1.54, 1.807) is 6.07 Å². The van der Waals surface area contributed by atoms with Crippen molar-refractivity contribution >= 4 is 27.6 Å². The molecule has 6 nitrogen and oxygen atoms in total. The molecule has 0 bridgehead atoms. The fourth-order valence-corrected chi connectivity index (χ4v) is 2.61. The Morgan fingerprint density at radius 3 is 2.96 bits per heavy atom. The molecule has 0 spiro atoms. The van der Waals surface area contributed by atoms with Crippen LogP contribution in [0.5, 0.6) is 5.75 Å². The predicted molar refractivity (Wildman–Crippen MR) is 93.3 cm³/mol. The number of hydrogen-bond acceptors (Lipinski definition) is 6. The zero-order valence-corrected chi connectivity index (χ0v) is 16.0. The molecule has 2 atom stereocenters. The lowest BCUT2D eigenvalue weighted by Crippen LogP contribution is -2.28. The van der Waals surface area contributed by atoms with Gasteiger partial charge in [-0.2, -0.15) is 0 Å². The van der Waals surface area contributed by atoms with Gasteiger partial charge in [-0.25, -0.2) is 9.18 Å². The van der Waals surface area contributed by atoms with Crippen LogP contribution in [0.1, 0.15) is 32.3 Å². The Hall–Kier alpha value is -1.67. The maximum absolute atomic E-state index is 14.0. The molecule has 0 amide bonds. The first-order chi connectivity index (χ1) is 12.0. The van der Waals surface area contributed by atoms with Crippen LogP contribution in [-0.2, 0) is 19.1 Å². The second-order valence-corrected chi connectivity index (χ2v) is 6.39. The van der Waals surface area contributed by atoms with Crippen LogP contribution >= 0.6 is 15.9 Å². The lowest BCUT2D eigenvalue weighted by molar-refractivity contribution is -0.147. The zero-order valence-electron chi connectivity index (χ0n) is 14.4. The topological polar surface area (TPSA) is 66.3 Å². The number of hydrogen-bond donors (Lipinski definition) is 0. The molecule has 0 aliphatic carbocycles. The molecule has 1 unspecified atom stereocenters. The Kier molecular flexibility index (Phi) is 7.19. The van der Waals surface area contributed by atoms with Crippen molar-refractivity contribution in [1.82, 2.24) is 0 Å². The summed E-state index contributed by atoms with van der Waals surface area (Å²) in [6, 6.07) is 2.74. The van der Waals surface area contributed by atoms with Crippen molar-refractivity contribution in [1.29, 1.82) is 0 Å². The first kappa shape index (κ1) is 19.7. The molecule has 1 aromatic rings. The third kappa shape index (κ3) is 4.92. The highest BCUT2D eigenvalue weighted by molar-refractivity contribution is 9.10. The van der Waals surface area contributed by atoms with E-state index in [1.807, 2.05) is 0 Å². The number of carbonyl (C=O) groups excluding carboxylic acids is 1. The van der Waals surface area contributed by atoms with E-state index in [0.717, 1.165) is 12.8 Å². The largest absolute Gasteiger partial charge is 0.478 e. The van der Waals surface area contributed by atoms with Gasteiger partial charge in [0.1, 0.15) is 30.0 Å². The molecule has 25 heavy (non-hydrogen) atoms. The molecular weight excluding hydrogens is 397 g/mol. The van der Waals surface area contributed by atoms with Crippen molar-refractivity contribution in [2.75, 3.05) is 20.3 Å². The minimum absolute atomic E-state index is 0.173. The molecule has 0 saturated heterocycles. The smallest absolute Gasteiger partial charge is 0.346 e. The molecule has 1 aliphatic rings. The standard InChI is InChI=1S/C17H21BrFNO5/c1-4-5-6-23-15-9-24-20-16(15)11-7-12(18)13(19)8-14(11)25-10(2)17(21)22-3/h7-8,10,15H,4-6,9H2,1-3H3/t10-,15?/m0/s1. The van der Waals surface area contributed by atoms with Crippen LogP contribution < -0.4 is 4.74 Å². The highest BCUT2D eigenvalue weighted by Crippen LogP contribution is 2.30. The van der Waals surface area contributed by atoms with Crippen LogP contribution in [0.25, 0.3) is 0 Å². The van der Waals surface area contributed by atoms with Crippen molar-refractivity contribution in [3.05, 3.63) is 28.0 Å². The number of rotatable bonds is 8. The van der Waals surface area contributed by atoms with Crippen molar-refractivity contribution in [2.45, 2.75) is 38.9 Å². The van der Waals surface area contributed by atoms with Gasteiger partial charge in [-0.05, 0) is 35.3 Å². The van der Waals surface area contributed by atoms with Crippen LogP contribution in [0.4, 0.5) is 4.39 Å². The molecule has 0 N–H and O–H groups in total. The van der Waals surface area contributed by atoms with E-state index in [-0.39, 0.29) is 22.9 Å². The highest BCUT2D eigenvalue weighted by Gasteiger charge is 2.30. The summed E-state index contributed by atoms with van der Waals surface area (Å²) in [5, 5.41) is 4.02. The Morgan fingerprint density at radius 2 is 2.28 bits per heavy atom. The van der Waals surface area contributed by atoms with Crippen LogP contribution in [0.15, 0.2) is 21.8 Å². The third-order valence-electron chi connectivity index (χ3n) is 3.65. The number of unbranched alkanes of at least 4 members (excludes halogenated alkanes) is 1. The number of oxime groups is 1. The molecule has 8 heteroatoms. The molecule has 0 radical (unpaired) electrons. The molecule has 1 aromatic carbocycles. The molecule has 2 rings (SSSR count). The number of nitrogens with zero attached hydrogens (tertiary/aromatic N) is 1. The number of carbonyl (C=O) groups is 1. The SMILES string of the molecule is CCCCOC1CON=C1c1cc(Br)c(F)cc1O[C@@H](C)C(=O)OC. The molecule has 0 fully saturated rings. The normalized spacial score (nSPS) is 17.6. The van der Waals surface area contributed by atoms with Gasteiger partial charge in [0.25, 0.3) is 0 Å². The van der Waals surface area contributed by atoms with Gasteiger partial charge in [-0.1, -0.05) is 18.5 Å². The number of halogens is 2. The van der Waals surface area contributed by atoms with Crippen LogP contribution in [0.2, 0.25) is 0 Å². The predicted octanol–water partition coefficient (Wildman–Crippen LogP) is 3.45. The van der Waals surface area contributed by atoms with Gasteiger partial charge in [0.2, 0.25) is 0 Å². The summed E-state index contributed by atoms with van der Waals surface area (Å²) in [5.41, 5.74) is 1.01. The maximum atomic E-state index is 14.0. The number of esters is 1. The van der Waals surface area contributed by atoms with Gasteiger partial charge < -0.3 is 19.0 Å². The van der Waals surface area contributed by atoms with Crippen LogP contribution in [-0.4, -0.2) is 44.2 Å². The Morgan fingerprint density at radius 1 is 1.52 bits per heavy atom. The minimum atomic E-state index is -0.897. The lowest BCUT2D eigenvalue weighted by atomic mass is 10.0. The lowest BCUT2D eigenvalue weighted by Gasteiger charge is -2.18.